The SMILES string of the molecule is COc1cc(OC(C)=O)c2c(c1)C(=O)c1c(cc3c(c1OC(C)=O)-c1c(cc(C)c(C(=O)O)c1OC(C)=O)[C@H](O[C@@H]1O[C@H](C)[C@H](N(C)C(=O)OCc4ccccc4)[C@H](O[C@@H]4OC[C@@H](OC(C)=O)[C@H](OC(C)=O)[C@H]4OC(C)=O)[C@H]1OC(C)=O)[C@H]3OC(C)=O)C2=O. The Bertz CT molecular complexity index is 3590. The van der Waals surface area contributed by atoms with Gasteiger partial charge in [0.1, 0.15) is 35.9 Å². The maximum Gasteiger partial charge on any atom is 0.410 e. The first-order valence-corrected chi connectivity index (χ1v) is 27.4. The number of aromatic carboxylic acids is 1. The van der Waals surface area contributed by atoms with Crippen LogP contribution in [0.5, 0.6) is 23.0 Å². The third-order valence-corrected chi connectivity index (χ3v) is 14.3. The van der Waals surface area contributed by atoms with Gasteiger partial charge in [-0.3, -0.25) is 47.9 Å². The maximum atomic E-state index is 15.2. The van der Waals surface area contributed by atoms with Crippen LogP contribution >= 0.6 is 0 Å². The standard InChI is InChI=1S/C61H61NO27/c1-24-18-38-44(53(84-30(7)67)42(24)58(73)74)45-39(21-37-46(54(45)85-31(8)68)49(72)36-19-35(76-12)20-40(80-26(3)63)43(36)48(37)71)50(82-28(5)65)51(38)88-60-57(87-33(10)70)55(47(25(2)79-60)62(11)61(75)78-22-34-16-14-13-15-17-34)89-59-56(86-32(9)69)52(83-29(6)66)41(23-77-59)81-27(4)64/h13-21,25,41,47,50-52,55-57,59-60H,22-23H2,1-12H3,(H,73,74)/t25-,41-,47+,50+,51+,52+,55+,56-,57-,59+,60+/m1/s1. The zero-order valence-corrected chi connectivity index (χ0v) is 50.0. The maximum absolute atomic E-state index is 15.2. The Balaban J connectivity index is 1.38. The van der Waals surface area contributed by atoms with Gasteiger partial charge in [-0.2, -0.15) is 0 Å². The summed E-state index contributed by atoms with van der Waals surface area (Å²) in [7, 11) is 2.51. The number of likely N-dealkylation sites (N-methyl/N-ethyl adjacent to an activating group) is 1. The van der Waals surface area contributed by atoms with Crippen molar-refractivity contribution in [3.05, 3.63) is 105 Å². The van der Waals surface area contributed by atoms with Gasteiger partial charge < -0.3 is 76.3 Å². The second-order valence-corrected chi connectivity index (χ2v) is 20.9. The van der Waals surface area contributed by atoms with E-state index in [-0.39, 0.29) is 29.0 Å². The van der Waals surface area contributed by atoms with Crippen LogP contribution in [0.25, 0.3) is 11.1 Å². The molecular formula is C61H61NO27. The summed E-state index contributed by atoms with van der Waals surface area (Å²) in [5.41, 5.74) is -3.84. The molecule has 28 nitrogen and oxygen atoms in total. The molecule has 472 valence electrons. The number of benzene rings is 4. The number of ether oxygens (including phenoxy) is 14. The van der Waals surface area contributed by atoms with Crippen molar-refractivity contribution in [3.63, 3.8) is 0 Å². The predicted octanol–water partition coefficient (Wildman–Crippen LogP) is 5.45. The van der Waals surface area contributed by atoms with Crippen LogP contribution in [-0.4, -0.2) is 157 Å². The molecule has 2 saturated heterocycles. The average Bonchev–Trinajstić information content (AvgIpc) is 0.707. The molecule has 28 heteroatoms. The quantitative estimate of drug-likeness (QED) is 0.0687. The van der Waals surface area contributed by atoms with E-state index >= 15 is 9.59 Å². The van der Waals surface area contributed by atoms with Crippen LogP contribution in [0, 0.1) is 6.92 Å². The molecule has 0 bridgehead atoms. The summed E-state index contributed by atoms with van der Waals surface area (Å²) >= 11 is 0. The Morgan fingerprint density at radius 2 is 1.12 bits per heavy atom. The molecule has 2 aliphatic carbocycles. The molecule has 4 aromatic rings. The molecule has 2 aliphatic heterocycles. The zero-order chi connectivity index (χ0) is 65.2. The number of methoxy groups -OCH3 is 1. The van der Waals surface area contributed by atoms with Gasteiger partial charge in [0.15, 0.2) is 66.2 Å². The minimum Gasteiger partial charge on any atom is -0.497 e. The summed E-state index contributed by atoms with van der Waals surface area (Å²) in [5, 5.41) is 10.9. The third kappa shape index (κ3) is 13.7. The fourth-order valence-corrected chi connectivity index (χ4v) is 11.2. The molecule has 2 heterocycles. The molecule has 0 spiro atoms. The van der Waals surface area contributed by atoms with Crippen LogP contribution in [0.4, 0.5) is 4.79 Å². The summed E-state index contributed by atoms with van der Waals surface area (Å²) in [4.78, 5) is 164. The Hall–Kier alpha value is -9.64. The highest BCUT2D eigenvalue weighted by molar-refractivity contribution is 6.31. The molecule has 0 saturated carbocycles. The molecule has 11 atom stereocenters. The van der Waals surface area contributed by atoms with Gasteiger partial charge in [0.25, 0.3) is 0 Å². The van der Waals surface area contributed by atoms with Crippen molar-refractivity contribution in [2.45, 2.75) is 143 Å². The topological polar surface area (TPSA) is 358 Å². The number of amides is 1. The van der Waals surface area contributed by atoms with E-state index in [1.807, 2.05) is 0 Å². The Morgan fingerprint density at radius 1 is 0.584 bits per heavy atom. The van der Waals surface area contributed by atoms with Gasteiger partial charge in [-0.15, -0.1) is 0 Å². The van der Waals surface area contributed by atoms with Crippen LogP contribution in [-0.2, 0) is 92.3 Å². The number of carboxylic acids is 1. The number of fused-ring (bicyclic) bond motifs is 5. The number of carboxylic acid groups (broad SMARTS) is 1. The van der Waals surface area contributed by atoms with Crippen molar-refractivity contribution in [1.29, 1.82) is 0 Å². The first-order valence-electron chi connectivity index (χ1n) is 27.4. The lowest BCUT2D eigenvalue weighted by molar-refractivity contribution is -0.346. The number of hydrogen-bond donors (Lipinski definition) is 1. The van der Waals surface area contributed by atoms with Crippen molar-refractivity contribution in [3.8, 4) is 34.1 Å². The van der Waals surface area contributed by atoms with Gasteiger partial charge in [-0.25, -0.2) is 9.59 Å². The fraction of sp³-hybridized carbons (Fsp3) is 0.410. The minimum absolute atomic E-state index is 0.0648. The molecule has 8 rings (SSSR count). The van der Waals surface area contributed by atoms with Gasteiger partial charge in [0, 0.05) is 96.3 Å². The van der Waals surface area contributed by atoms with Crippen LogP contribution < -0.4 is 18.9 Å². The number of carbonyl (C=O) groups is 12. The Morgan fingerprint density at radius 3 is 1.70 bits per heavy atom. The lowest BCUT2D eigenvalue weighted by Crippen LogP contribution is -2.67. The van der Waals surface area contributed by atoms with Crippen LogP contribution in [0.1, 0.15) is 139 Å². The highest BCUT2D eigenvalue weighted by Gasteiger charge is 2.57. The molecule has 0 aromatic heterocycles. The highest BCUT2D eigenvalue weighted by atomic mass is 16.8. The van der Waals surface area contributed by atoms with Crippen LogP contribution in [0.3, 0.4) is 0 Å². The summed E-state index contributed by atoms with van der Waals surface area (Å²) in [6, 6.07) is 11.7. The fourth-order valence-electron chi connectivity index (χ4n) is 11.2. The van der Waals surface area contributed by atoms with Gasteiger partial charge >= 0.3 is 59.8 Å². The average molecular weight is 1240 g/mol. The van der Waals surface area contributed by atoms with Gasteiger partial charge in [0.05, 0.1) is 37.0 Å². The van der Waals surface area contributed by atoms with Crippen molar-refractivity contribution in [1.82, 2.24) is 4.90 Å². The molecule has 2 fully saturated rings. The summed E-state index contributed by atoms with van der Waals surface area (Å²) in [6.07, 6.45) is -18.8. The molecule has 1 N–H and O–H groups in total. The minimum atomic E-state index is -2.05. The van der Waals surface area contributed by atoms with Gasteiger partial charge in [-0.05, 0) is 42.7 Å². The van der Waals surface area contributed by atoms with Crippen molar-refractivity contribution < 1.29 is 129 Å². The first kappa shape index (κ1) is 65.3. The summed E-state index contributed by atoms with van der Waals surface area (Å²) in [5.74, 6) is -13.8. The number of rotatable bonds is 17. The second-order valence-electron chi connectivity index (χ2n) is 20.9. The second kappa shape index (κ2) is 26.8. The number of hydrogen-bond acceptors (Lipinski definition) is 26. The lowest BCUT2D eigenvalue weighted by Gasteiger charge is -2.50. The van der Waals surface area contributed by atoms with E-state index in [2.05, 4.69) is 0 Å². The first-order chi connectivity index (χ1) is 42.0. The Labute approximate surface area is 506 Å². The van der Waals surface area contributed by atoms with E-state index in [9.17, 15) is 53.1 Å². The smallest absolute Gasteiger partial charge is 0.410 e. The van der Waals surface area contributed by atoms with E-state index in [0.29, 0.717) is 5.56 Å². The van der Waals surface area contributed by atoms with E-state index in [1.54, 1.807) is 30.3 Å². The molecule has 89 heavy (non-hydrogen) atoms. The lowest BCUT2D eigenvalue weighted by atomic mass is 9.74. The van der Waals surface area contributed by atoms with Gasteiger partial charge in [0.2, 0.25) is 0 Å². The number of ketones is 2. The van der Waals surface area contributed by atoms with E-state index < -0.39 is 202 Å². The van der Waals surface area contributed by atoms with Gasteiger partial charge in [-0.1, -0.05) is 36.4 Å². The normalized spacial score (nSPS) is 23.0. The number of carbonyl (C=O) groups excluding carboxylic acids is 11. The highest BCUT2D eigenvalue weighted by Crippen LogP contribution is 2.59. The van der Waals surface area contributed by atoms with Crippen molar-refractivity contribution in [2.75, 3.05) is 20.8 Å². The third-order valence-electron chi connectivity index (χ3n) is 14.3. The zero-order valence-electron chi connectivity index (χ0n) is 50.0. The molecule has 0 radical (unpaired) electrons. The van der Waals surface area contributed by atoms with E-state index in [0.717, 1.165) is 78.5 Å². The molecular weight excluding hydrogens is 1180 g/mol. The monoisotopic (exact) mass is 1240 g/mol. The molecule has 1 amide bonds. The molecule has 4 aromatic carbocycles. The van der Waals surface area contributed by atoms with Crippen molar-refractivity contribution in [2.24, 2.45) is 0 Å². The molecule has 4 aliphatic rings. The van der Waals surface area contributed by atoms with Crippen molar-refractivity contribution >= 4 is 71.4 Å². The summed E-state index contributed by atoms with van der Waals surface area (Å²) in [6.45, 7) is 9.84. The van der Waals surface area contributed by atoms with Crippen LogP contribution in [0.15, 0.2) is 54.6 Å². The van der Waals surface area contributed by atoms with Crippen LogP contribution in [0.2, 0.25) is 0 Å². The largest absolute Gasteiger partial charge is 0.497 e. The number of aryl methyl sites for hydroxylation is 1. The molecule has 0 unspecified atom stereocenters. The van der Waals surface area contributed by atoms with E-state index in [4.69, 9.17) is 66.3 Å². The number of nitrogens with zero attached hydrogens (tertiary/aromatic N) is 1. The Kier molecular flexibility index (Phi) is 19.7. The van der Waals surface area contributed by atoms with E-state index in [1.165, 1.54) is 34.1 Å². The summed E-state index contributed by atoms with van der Waals surface area (Å²) < 4.78 is 83.4. The predicted molar refractivity (Wildman–Crippen MR) is 295 cm³/mol. The number of esters is 8.